The average Bonchev–Trinajstić information content (AvgIpc) is 3.08. The third-order valence-corrected chi connectivity index (χ3v) is 5.88. The van der Waals surface area contributed by atoms with Crippen molar-refractivity contribution in [3.8, 4) is 0 Å². The lowest BCUT2D eigenvalue weighted by molar-refractivity contribution is -0.117. The Morgan fingerprint density at radius 1 is 0.967 bits per heavy atom. The van der Waals surface area contributed by atoms with E-state index in [-0.39, 0.29) is 11.9 Å². The van der Waals surface area contributed by atoms with Crippen LogP contribution >= 0.6 is 0 Å². The molecule has 2 aromatic rings. The molecule has 0 aromatic heterocycles. The first-order chi connectivity index (χ1) is 14.6. The first-order valence-electron chi connectivity index (χ1n) is 10.7. The van der Waals surface area contributed by atoms with Gasteiger partial charge in [0.25, 0.3) is 0 Å². The van der Waals surface area contributed by atoms with Crippen molar-refractivity contribution in [2.75, 3.05) is 50.8 Å². The molecule has 1 saturated heterocycles. The topological polar surface area (TPSA) is 53.1 Å². The highest BCUT2D eigenvalue weighted by Gasteiger charge is 2.28. The number of hydrogen-bond acceptors (Lipinski definition) is 5. The second-order valence-electron chi connectivity index (χ2n) is 7.89. The monoisotopic (exact) mass is 407 g/mol. The average molecular weight is 408 g/mol. The van der Waals surface area contributed by atoms with E-state index in [1.54, 1.807) is 19.1 Å². The molecule has 1 amide bonds. The molecule has 0 spiro atoms. The number of rotatable bonds is 7. The van der Waals surface area contributed by atoms with Gasteiger partial charge in [-0.15, -0.1) is 0 Å². The van der Waals surface area contributed by atoms with Gasteiger partial charge in [-0.2, -0.15) is 0 Å². The molecule has 2 aliphatic rings. The van der Waals surface area contributed by atoms with Gasteiger partial charge in [0.1, 0.15) is 0 Å². The predicted octanol–water partition coefficient (Wildman–Crippen LogP) is 2.57. The second kappa shape index (κ2) is 9.41. The molecular weight excluding hydrogens is 378 g/mol. The maximum Gasteiger partial charge on any atom is 0.338 e. The summed E-state index contributed by atoms with van der Waals surface area (Å²) in [6.07, 6.45) is 0.355. The number of piperazine rings is 1. The number of fused-ring (bicyclic) bond motifs is 1. The van der Waals surface area contributed by atoms with Crippen molar-refractivity contribution in [1.29, 1.82) is 0 Å². The molecule has 0 bridgehead atoms. The highest BCUT2D eigenvalue weighted by Crippen LogP contribution is 2.30. The Bertz CT molecular complexity index is 892. The third-order valence-electron chi connectivity index (χ3n) is 5.88. The molecule has 2 heterocycles. The van der Waals surface area contributed by atoms with E-state index in [0.29, 0.717) is 25.1 Å². The predicted molar refractivity (Wildman–Crippen MR) is 117 cm³/mol. The quantitative estimate of drug-likeness (QED) is 0.661. The van der Waals surface area contributed by atoms with Crippen LogP contribution in [-0.2, 0) is 22.5 Å². The molecular formula is C24H29N3O3. The smallest absolute Gasteiger partial charge is 0.338 e. The van der Waals surface area contributed by atoms with Gasteiger partial charge in [0.15, 0.2) is 0 Å². The lowest BCUT2D eigenvalue weighted by Gasteiger charge is -2.35. The van der Waals surface area contributed by atoms with Crippen molar-refractivity contribution in [3.63, 3.8) is 0 Å². The Morgan fingerprint density at radius 2 is 1.70 bits per heavy atom. The maximum atomic E-state index is 12.5. The van der Waals surface area contributed by atoms with E-state index in [2.05, 4.69) is 40.1 Å². The Morgan fingerprint density at radius 3 is 2.43 bits per heavy atom. The minimum absolute atomic E-state index is 0.105. The number of carbonyl (C=O) groups is 2. The summed E-state index contributed by atoms with van der Waals surface area (Å²) in [4.78, 5) is 31.3. The number of ether oxygens (including phenoxy) is 1. The summed E-state index contributed by atoms with van der Waals surface area (Å²) in [5, 5.41) is 0. The number of carbonyl (C=O) groups excluding carboxylic acids is 2. The van der Waals surface area contributed by atoms with Crippen LogP contribution in [0.15, 0.2) is 48.5 Å². The Hall–Kier alpha value is -2.70. The fraction of sp³-hybridized carbons (Fsp3) is 0.417. The molecule has 4 rings (SSSR count). The SMILES string of the molecule is CCOC(=O)c1ccc2c(c1)CC(=O)N2CCN1CCN(Cc2ccccc2)CC1. The lowest BCUT2D eigenvalue weighted by atomic mass is 10.1. The number of esters is 1. The van der Waals surface area contributed by atoms with Crippen LogP contribution in [-0.4, -0.2) is 67.6 Å². The summed E-state index contributed by atoms with van der Waals surface area (Å²) in [5.41, 5.74) is 3.71. The molecule has 0 radical (unpaired) electrons. The van der Waals surface area contributed by atoms with Crippen molar-refractivity contribution in [3.05, 3.63) is 65.2 Å². The van der Waals surface area contributed by atoms with Gasteiger partial charge < -0.3 is 9.64 Å². The molecule has 6 nitrogen and oxygen atoms in total. The van der Waals surface area contributed by atoms with Crippen LogP contribution in [0.3, 0.4) is 0 Å². The van der Waals surface area contributed by atoms with Gasteiger partial charge in [0.05, 0.1) is 18.6 Å². The summed E-state index contributed by atoms with van der Waals surface area (Å²) in [7, 11) is 0. The minimum atomic E-state index is -0.334. The van der Waals surface area contributed by atoms with Crippen molar-refractivity contribution in [2.24, 2.45) is 0 Å². The van der Waals surface area contributed by atoms with Gasteiger partial charge in [-0.25, -0.2) is 4.79 Å². The van der Waals surface area contributed by atoms with Crippen molar-refractivity contribution < 1.29 is 14.3 Å². The molecule has 0 aliphatic carbocycles. The summed E-state index contributed by atoms with van der Waals surface area (Å²) < 4.78 is 5.07. The van der Waals surface area contributed by atoms with Crippen LogP contribution < -0.4 is 4.90 Å². The normalized spacial score (nSPS) is 17.2. The van der Waals surface area contributed by atoms with Gasteiger partial charge in [-0.05, 0) is 36.2 Å². The van der Waals surface area contributed by atoms with Gasteiger partial charge in [-0.1, -0.05) is 30.3 Å². The summed E-state index contributed by atoms with van der Waals surface area (Å²) in [6, 6.07) is 16.0. The Kier molecular flexibility index (Phi) is 6.45. The number of amides is 1. The highest BCUT2D eigenvalue weighted by molar-refractivity contribution is 6.02. The van der Waals surface area contributed by atoms with E-state index in [1.807, 2.05) is 11.0 Å². The fourth-order valence-corrected chi connectivity index (χ4v) is 4.22. The summed E-state index contributed by atoms with van der Waals surface area (Å²) in [5.74, 6) is -0.228. The van der Waals surface area contributed by atoms with E-state index in [9.17, 15) is 9.59 Å². The van der Waals surface area contributed by atoms with Crippen LogP contribution in [0.4, 0.5) is 5.69 Å². The zero-order chi connectivity index (χ0) is 20.9. The molecule has 30 heavy (non-hydrogen) atoms. The highest BCUT2D eigenvalue weighted by atomic mass is 16.5. The molecule has 158 valence electrons. The summed E-state index contributed by atoms with van der Waals surface area (Å²) >= 11 is 0. The number of hydrogen-bond donors (Lipinski definition) is 0. The number of benzene rings is 2. The van der Waals surface area contributed by atoms with Crippen LogP contribution in [0.1, 0.15) is 28.4 Å². The van der Waals surface area contributed by atoms with E-state index < -0.39 is 0 Å². The van der Waals surface area contributed by atoms with E-state index in [4.69, 9.17) is 4.74 Å². The van der Waals surface area contributed by atoms with Crippen LogP contribution in [0.25, 0.3) is 0 Å². The molecule has 2 aromatic carbocycles. The van der Waals surface area contributed by atoms with Crippen molar-refractivity contribution in [2.45, 2.75) is 19.9 Å². The van der Waals surface area contributed by atoms with E-state index in [0.717, 1.165) is 50.5 Å². The first-order valence-corrected chi connectivity index (χ1v) is 10.7. The molecule has 1 fully saturated rings. The standard InChI is InChI=1S/C24H29N3O3/c1-2-30-24(29)20-8-9-22-21(16-20)17-23(28)27(22)15-14-25-10-12-26(13-11-25)18-19-6-4-3-5-7-19/h3-9,16H,2,10-15,17-18H2,1H3. The molecule has 0 saturated carbocycles. The number of nitrogens with zero attached hydrogens (tertiary/aromatic N) is 3. The lowest BCUT2D eigenvalue weighted by Crippen LogP contribution is -2.48. The second-order valence-corrected chi connectivity index (χ2v) is 7.89. The Balaban J connectivity index is 1.29. The van der Waals surface area contributed by atoms with Crippen LogP contribution in [0, 0.1) is 0 Å². The largest absolute Gasteiger partial charge is 0.462 e. The van der Waals surface area contributed by atoms with Crippen LogP contribution in [0.5, 0.6) is 0 Å². The number of anilines is 1. The van der Waals surface area contributed by atoms with Crippen molar-refractivity contribution in [1.82, 2.24) is 9.80 Å². The van der Waals surface area contributed by atoms with Gasteiger partial charge in [0.2, 0.25) is 5.91 Å². The molecule has 0 N–H and O–H groups in total. The van der Waals surface area contributed by atoms with Gasteiger partial charge in [-0.3, -0.25) is 14.6 Å². The van der Waals surface area contributed by atoms with Gasteiger partial charge >= 0.3 is 5.97 Å². The minimum Gasteiger partial charge on any atom is -0.462 e. The van der Waals surface area contributed by atoms with Gasteiger partial charge in [0, 0.05) is 51.5 Å². The van der Waals surface area contributed by atoms with Crippen molar-refractivity contribution >= 4 is 17.6 Å². The summed E-state index contributed by atoms with van der Waals surface area (Å²) in [6.45, 7) is 8.80. The molecule has 6 heteroatoms. The molecule has 0 atom stereocenters. The third kappa shape index (κ3) is 4.71. The zero-order valence-electron chi connectivity index (χ0n) is 17.5. The van der Waals surface area contributed by atoms with Crippen LogP contribution in [0.2, 0.25) is 0 Å². The maximum absolute atomic E-state index is 12.5. The fourth-order valence-electron chi connectivity index (χ4n) is 4.22. The molecule has 2 aliphatic heterocycles. The first kappa shape index (κ1) is 20.6. The molecule has 0 unspecified atom stereocenters. The Labute approximate surface area is 178 Å². The van der Waals surface area contributed by atoms with E-state index in [1.165, 1.54) is 5.56 Å². The zero-order valence-corrected chi connectivity index (χ0v) is 17.5. The van der Waals surface area contributed by atoms with E-state index >= 15 is 0 Å².